The van der Waals surface area contributed by atoms with Crippen LogP contribution >= 0.6 is 0 Å². The van der Waals surface area contributed by atoms with Crippen LogP contribution in [0.25, 0.3) is 0 Å². The van der Waals surface area contributed by atoms with Crippen LogP contribution in [-0.2, 0) is 20.2 Å². The number of carbonyl (C=O) groups excluding carboxylic acids is 1. The molecule has 0 aromatic heterocycles. The van der Waals surface area contributed by atoms with E-state index in [2.05, 4.69) is 10.0 Å². The standard InChI is InChI=1S/C24H30N2O3S/c1-2-25-23(27)24(16-17-24)20-10-12-21(13-11-20)26-30(28,29)22-14-8-19(9-15-22)18-6-4-3-5-7-18/h8-15,18,26H,2-7,16-17H2,1H3,(H,25,27). The van der Waals surface area contributed by atoms with E-state index in [1.54, 1.807) is 24.3 Å². The summed E-state index contributed by atoms with van der Waals surface area (Å²) in [7, 11) is -3.65. The van der Waals surface area contributed by atoms with E-state index in [9.17, 15) is 13.2 Å². The summed E-state index contributed by atoms with van der Waals surface area (Å²) in [6.45, 7) is 2.52. The van der Waals surface area contributed by atoms with Crippen molar-refractivity contribution in [2.75, 3.05) is 11.3 Å². The van der Waals surface area contributed by atoms with Gasteiger partial charge in [0, 0.05) is 12.2 Å². The van der Waals surface area contributed by atoms with Gasteiger partial charge in [-0.05, 0) is 73.9 Å². The van der Waals surface area contributed by atoms with Gasteiger partial charge in [-0.25, -0.2) is 8.42 Å². The lowest BCUT2D eigenvalue weighted by Gasteiger charge is -2.22. The minimum absolute atomic E-state index is 0.0522. The van der Waals surface area contributed by atoms with E-state index >= 15 is 0 Å². The van der Waals surface area contributed by atoms with Crippen molar-refractivity contribution in [2.24, 2.45) is 0 Å². The van der Waals surface area contributed by atoms with Crippen molar-refractivity contribution >= 4 is 21.6 Å². The molecule has 2 aromatic rings. The van der Waals surface area contributed by atoms with Crippen molar-refractivity contribution in [2.45, 2.75) is 68.1 Å². The molecule has 2 fully saturated rings. The molecule has 2 N–H and O–H groups in total. The van der Waals surface area contributed by atoms with E-state index in [1.165, 1.54) is 37.7 Å². The zero-order valence-electron chi connectivity index (χ0n) is 17.5. The first-order chi connectivity index (χ1) is 14.4. The number of carbonyl (C=O) groups is 1. The number of benzene rings is 2. The van der Waals surface area contributed by atoms with E-state index in [4.69, 9.17) is 0 Å². The smallest absolute Gasteiger partial charge is 0.261 e. The summed E-state index contributed by atoms with van der Waals surface area (Å²) in [5.41, 5.74) is 2.23. The van der Waals surface area contributed by atoms with E-state index in [-0.39, 0.29) is 10.8 Å². The summed E-state index contributed by atoms with van der Waals surface area (Å²) in [6.07, 6.45) is 7.85. The van der Waals surface area contributed by atoms with Gasteiger partial charge in [-0.1, -0.05) is 43.5 Å². The SMILES string of the molecule is CCNC(=O)C1(c2ccc(NS(=O)(=O)c3ccc(C4CCCCC4)cc3)cc2)CC1. The zero-order chi connectivity index (χ0) is 21.2. The number of rotatable bonds is 7. The second kappa shape index (κ2) is 8.42. The van der Waals surface area contributed by atoms with Crippen molar-refractivity contribution in [3.05, 3.63) is 59.7 Å². The molecule has 2 aliphatic rings. The molecular weight excluding hydrogens is 396 g/mol. The molecule has 0 aliphatic heterocycles. The first kappa shape index (κ1) is 20.9. The zero-order valence-corrected chi connectivity index (χ0v) is 18.3. The monoisotopic (exact) mass is 426 g/mol. The molecule has 0 heterocycles. The lowest BCUT2D eigenvalue weighted by atomic mass is 9.84. The second-order valence-electron chi connectivity index (χ2n) is 8.53. The highest BCUT2D eigenvalue weighted by Gasteiger charge is 2.50. The van der Waals surface area contributed by atoms with E-state index in [0.29, 0.717) is 18.2 Å². The maximum absolute atomic E-state index is 12.8. The van der Waals surface area contributed by atoms with Crippen molar-refractivity contribution in [1.29, 1.82) is 0 Å². The molecule has 2 aliphatic carbocycles. The molecule has 30 heavy (non-hydrogen) atoms. The normalized spacial score (nSPS) is 18.6. The predicted octanol–water partition coefficient (Wildman–Crippen LogP) is 4.70. The van der Waals surface area contributed by atoms with Crippen LogP contribution in [-0.4, -0.2) is 20.9 Å². The Kier molecular flexibility index (Phi) is 5.87. The fraction of sp³-hybridized carbons (Fsp3) is 0.458. The quantitative estimate of drug-likeness (QED) is 0.674. The second-order valence-corrected chi connectivity index (χ2v) is 10.2. The van der Waals surface area contributed by atoms with Gasteiger partial charge in [-0.2, -0.15) is 0 Å². The molecule has 0 spiro atoms. The third-order valence-electron chi connectivity index (χ3n) is 6.48. The molecule has 1 amide bonds. The first-order valence-corrected chi connectivity index (χ1v) is 12.4. The summed E-state index contributed by atoms with van der Waals surface area (Å²) in [4.78, 5) is 12.6. The van der Waals surface area contributed by atoms with Crippen LogP contribution < -0.4 is 10.0 Å². The number of hydrogen-bond acceptors (Lipinski definition) is 3. The van der Waals surface area contributed by atoms with Gasteiger partial charge < -0.3 is 5.32 Å². The van der Waals surface area contributed by atoms with Crippen molar-refractivity contribution in [3.63, 3.8) is 0 Å². The van der Waals surface area contributed by atoms with Gasteiger partial charge in [0.25, 0.3) is 10.0 Å². The van der Waals surface area contributed by atoms with Gasteiger partial charge in [-0.15, -0.1) is 0 Å². The number of anilines is 1. The van der Waals surface area contributed by atoms with Gasteiger partial charge in [0.15, 0.2) is 0 Å². The summed E-state index contributed by atoms with van der Waals surface area (Å²) in [5, 5.41) is 2.90. The van der Waals surface area contributed by atoms with Crippen LogP contribution in [0.3, 0.4) is 0 Å². The first-order valence-electron chi connectivity index (χ1n) is 11.0. The van der Waals surface area contributed by atoms with Gasteiger partial charge in [0.05, 0.1) is 10.3 Å². The molecule has 2 saturated carbocycles. The Morgan fingerprint density at radius 1 is 0.967 bits per heavy atom. The highest BCUT2D eigenvalue weighted by molar-refractivity contribution is 7.92. The summed E-state index contributed by atoms with van der Waals surface area (Å²) in [6, 6.07) is 14.5. The Labute approximate surface area is 179 Å². The molecule has 0 unspecified atom stereocenters. The lowest BCUT2D eigenvalue weighted by molar-refractivity contribution is -0.123. The van der Waals surface area contributed by atoms with Crippen LogP contribution in [0.15, 0.2) is 53.4 Å². The molecule has 0 radical (unpaired) electrons. The fourth-order valence-corrected chi connectivity index (χ4v) is 5.59. The van der Waals surface area contributed by atoms with Crippen LogP contribution in [0.1, 0.15) is 68.9 Å². The highest BCUT2D eigenvalue weighted by Crippen LogP contribution is 2.48. The highest BCUT2D eigenvalue weighted by atomic mass is 32.2. The Balaban J connectivity index is 1.45. The number of amides is 1. The third-order valence-corrected chi connectivity index (χ3v) is 7.88. The van der Waals surface area contributed by atoms with Gasteiger partial charge in [0.2, 0.25) is 5.91 Å². The minimum atomic E-state index is -3.65. The largest absolute Gasteiger partial charge is 0.356 e. The van der Waals surface area contributed by atoms with Gasteiger partial charge in [-0.3, -0.25) is 9.52 Å². The number of likely N-dealkylation sites (N-methyl/N-ethyl adjacent to an activating group) is 1. The maximum Gasteiger partial charge on any atom is 0.261 e. The molecule has 0 bridgehead atoms. The molecule has 6 heteroatoms. The molecule has 0 atom stereocenters. The van der Waals surface area contributed by atoms with E-state index in [0.717, 1.165) is 18.4 Å². The van der Waals surface area contributed by atoms with Crippen LogP contribution in [0, 0.1) is 0 Å². The average Bonchev–Trinajstić information content (AvgIpc) is 3.57. The Hall–Kier alpha value is -2.34. The van der Waals surface area contributed by atoms with Crippen molar-refractivity contribution < 1.29 is 13.2 Å². The average molecular weight is 427 g/mol. The van der Waals surface area contributed by atoms with Gasteiger partial charge in [0.1, 0.15) is 0 Å². The Morgan fingerprint density at radius 2 is 1.60 bits per heavy atom. The lowest BCUT2D eigenvalue weighted by Crippen LogP contribution is -2.34. The molecular formula is C24H30N2O3S. The van der Waals surface area contributed by atoms with Crippen LogP contribution in [0.4, 0.5) is 5.69 Å². The summed E-state index contributed by atoms with van der Waals surface area (Å²) in [5.74, 6) is 0.604. The number of sulfonamides is 1. The molecule has 5 nitrogen and oxygen atoms in total. The number of nitrogens with one attached hydrogen (secondary N) is 2. The van der Waals surface area contributed by atoms with Crippen molar-refractivity contribution in [3.8, 4) is 0 Å². The predicted molar refractivity (Wildman–Crippen MR) is 119 cm³/mol. The molecule has 0 saturated heterocycles. The van der Waals surface area contributed by atoms with E-state index < -0.39 is 15.4 Å². The summed E-state index contributed by atoms with van der Waals surface area (Å²) < 4.78 is 28.3. The van der Waals surface area contributed by atoms with E-state index in [1.807, 2.05) is 31.2 Å². The van der Waals surface area contributed by atoms with Crippen molar-refractivity contribution in [1.82, 2.24) is 5.32 Å². The Morgan fingerprint density at radius 3 is 2.17 bits per heavy atom. The van der Waals surface area contributed by atoms with Crippen LogP contribution in [0.2, 0.25) is 0 Å². The molecule has 2 aromatic carbocycles. The molecule has 160 valence electrons. The topological polar surface area (TPSA) is 75.3 Å². The minimum Gasteiger partial charge on any atom is -0.356 e. The third kappa shape index (κ3) is 4.24. The fourth-order valence-electron chi connectivity index (χ4n) is 4.53. The number of hydrogen-bond donors (Lipinski definition) is 2. The Bertz CT molecular complexity index is 988. The van der Waals surface area contributed by atoms with Crippen LogP contribution in [0.5, 0.6) is 0 Å². The molecule has 4 rings (SSSR count). The maximum atomic E-state index is 12.8. The summed E-state index contributed by atoms with van der Waals surface area (Å²) >= 11 is 0. The van der Waals surface area contributed by atoms with Gasteiger partial charge >= 0.3 is 0 Å².